The van der Waals surface area contributed by atoms with Crippen LogP contribution in [-0.2, 0) is 4.79 Å². The van der Waals surface area contributed by atoms with E-state index < -0.39 is 5.97 Å². The Kier molecular flexibility index (Phi) is 4.05. The van der Waals surface area contributed by atoms with Crippen molar-refractivity contribution in [3.8, 4) is 11.3 Å². The first kappa shape index (κ1) is 15.1. The Bertz CT molecular complexity index is 712. The molecular weight excluding hydrogens is 302 g/mol. The van der Waals surface area contributed by atoms with Crippen LogP contribution in [0.5, 0.6) is 0 Å². The number of urea groups is 1. The summed E-state index contributed by atoms with van der Waals surface area (Å²) >= 11 is 0. The number of likely N-dealkylation sites (tertiary alicyclic amines) is 1. The van der Waals surface area contributed by atoms with Crippen molar-refractivity contribution >= 4 is 17.8 Å². The summed E-state index contributed by atoms with van der Waals surface area (Å²) in [7, 11) is 0. The van der Waals surface area contributed by atoms with Gasteiger partial charge in [0.25, 0.3) is 0 Å². The van der Waals surface area contributed by atoms with Gasteiger partial charge < -0.3 is 18.9 Å². The molecule has 0 atom stereocenters. The van der Waals surface area contributed by atoms with Crippen molar-refractivity contribution in [2.45, 2.75) is 19.8 Å². The number of hydrogen-bond donors (Lipinski definition) is 2. The fourth-order valence-electron chi connectivity index (χ4n) is 2.62. The lowest BCUT2D eigenvalue weighted by Gasteiger charge is -2.29. The summed E-state index contributed by atoms with van der Waals surface area (Å²) in [4.78, 5) is 24.7. The van der Waals surface area contributed by atoms with E-state index in [4.69, 9.17) is 14.0 Å². The summed E-state index contributed by atoms with van der Waals surface area (Å²) in [6, 6.07) is 3.08. The van der Waals surface area contributed by atoms with Gasteiger partial charge in [0.1, 0.15) is 5.76 Å². The fraction of sp³-hybridized carbons (Fsp3) is 0.400. The summed E-state index contributed by atoms with van der Waals surface area (Å²) in [6.45, 7) is 2.63. The highest BCUT2D eigenvalue weighted by atomic mass is 16.5. The van der Waals surface area contributed by atoms with E-state index in [1.165, 1.54) is 0 Å². The third-order valence-electron chi connectivity index (χ3n) is 4.00. The number of furan rings is 1. The number of hydrogen-bond acceptors (Lipinski definition) is 5. The minimum atomic E-state index is -0.804. The molecule has 2 aromatic heterocycles. The number of aryl methyl sites for hydroxylation is 1. The van der Waals surface area contributed by atoms with Crippen LogP contribution in [0.2, 0.25) is 0 Å². The number of carboxylic acids is 1. The number of anilines is 1. The molecule has 2 N–H and O–H groups in total. The van der Waals surface area contributed by atoms with Crippen molar-refractivity contribution in [3.05, 3.63) is 24.2 Å². The molecule has 1 fully saturated rings. The zero-order valence-electron chi connectivity index (χ0n) is 12.6. The number of piperidine rings is 1. The minimum absolute atomic E-state index is 0.308. The standard InChI is InChI=1S/C15H17N3O5/c1-9-11(4-7-22-9)12-8-13(17-23-12)16-15(21)18-5-2-10(3-6-18)14(19)20/h4,7-8,10H,2-3,5-6H2,1H3,(H,19,20)(H,16,17,21). The SMILES string of the molecule is Cc1occc1-c1cc(NC(=O)N2CCC(C(=O)O)CC2)no1. The number of nitrogens with zero attached hydrogens (tertiary/aromatic N) is 2. The number of carbonyl (C=O) groups is 2. The minimum Gasteiger partial charge on any atom is -0.481 e. The molecule has 122 valence electrons. The number of nitrogens with one attached hydrogen (secondary N) is 1. The summed E-state index contributed by atoms with van der Waals surface area (Å²) in [5.74, 6) is 0.348. The third kappa shape index (κ3) is 3.20. The van der Waals surface area contributed by atoms with Crippen LogP contribution in [0.3, 0.4) is 0 Å². The predicted octanol–water partition coefficient (Wildman–Crippen LogP) is 2.57. The first-order valence-electron chi connectivity index (χ1n) is 7.34. The van der Waals surface area contributed by atoms with Crippen molar-refractivity contribution in [1.82, 2.24) is 10.1 Å². The molecule has 1 aliphatic heterocycles. The van der Waals surface area contributed by atoms with Crippen molar-refractivity contribution in [3.63, 3.8) is 0 Å². The molecule has 8 heteroatoms. The number of amides is 2. The molecule has 0 aliphatic carbocycles. The molecule has 1 aliphatic rings. The number of aromatic nitrogens is 1. The van der Waals surface area contributed by atoms with Crippen LogP contribution in [0.4, 0.5) is 10.6 Å². The van der Waals surface area contributed by atoms with Crippen molar-refractivity contribution < 1.29 is 23.6 Å². The molecule has 8 nitrogen and oxygen atoms in total. The predicted molar refractivity (Wildman–Crippen MR) is 79.9 cm³/mol. The van der Waals surface area contributed by atoms with Crippen molar-refractivity contribution in [2.75, 3.05) is 18.4 Å². The highest BCUT2D eigenvalue weighted by molar-refractivity contribution is 5.89. The number of carboxylic acid groups (broad SMARTS) is 1. The van der Waals surface area contributed by atoms with Crippen LogP contribution in [0, 0.1) is 12.8 Å². The van der Waals surface area contributed by atoms with Crippen molar-refractivity contribution in [2.24, 2.45) is 5.92 Å². The first-order chi connectivity index (χ1) is 11.0. The second kappa shape index (κ2) is 6.15. The lowest BCUT2D eigenvalue weighted by Crippen LogP contribution is -2.42. The van der Waals surface area contributed by atoms with Gasteiger partial charge in [-0.1, -0.05) is 5.16 Å². The maximum Gasteiger partial charge on any atom is 0.323 e. The van der Waals surface area contributed by atoms with Gasteiger partial charge in [-0.3, -0.25) is 10.1 Å². The maximum absolute atomic E-state index is 12.2. The van der Waals surface area contributed by atoms with E-state index in [0.29, 0.717) is 43.3 Å². The smallest absolute Gasteiger partial charge is 0.323 e. The molecule has 2 aromatic rings. The molecule has 3 heterocycles. The molecule has 2 amide bonds. The van der Waals surface area contributed by atoms with Crippen LogP contribution in [0.25, 0.3) is 11.3 Å². The second-order valence-corrected chi connectivity index (χ2v) is 5.50. The average molecular weight is 319 g/mol. The molecule has 0 unspecified atom stereocenters. The quantitative estimate of drug-likeness (QED) is 0.900. The molecule has 0 spiro atoms. The van der Waals surface area contributed by atoms with Crippen LogP contribution in [-0.4, -0.2) is 40.3 Å². The molecule has 3 rings (SSSR count). The lowest BCUT2D eigenvalue weighted by molar-refractivity contribution is -0.143. The van der Waals surface area contributed by atoms with Crippen LogP contribution in [0.15, 0.2) is 27.3 Å². The Labute approximate surface area is 132 Å². The Morgan fingerprint density at radius 3 is 2.74 bits per heavy atom. The van der Waals surface area contributed by atoms with Gasteiger partial charge in [-0.2, -0.15) is 0 Å². The normalized spacial score (nSPS) is 15.6. The van der Waals surface area contributed by atoms with E-state index in [-0.39, 0.29) is 11.9 Å². The molecule has 0 aromatic carbocycles. The second-order valence-electron chi connectivity index (χ2n) is 5.50. The van der Waals surface area contributed by atoms with E-state index in [1.807, 2.05) is 6.92 Å². The zero-order chi connectivity index (χ0) is 16.4. The largest absolute Gasteiger partial charge is 0.481 e. The van der Waals surface area contributed by atoms with Gasteiger partial charge in [0, 0.05) is 19.2 Å². The Morgan fingerprint density at radius 1 is 1.39 bits per heavy atom. The molecule has 0 bridgehead atoms. The van der Waals surface area contributed by atoms with Gasteiger partial charge in [0.15, 0.2) is 11.6 Å². The molecular formula is C15H17N3O5. The van der Waals surface area contributed by atoms with Gasteiger partial charge >= 0.3 is 12.0 Å². The van der Waals surface area contributed by atoms with E-state index in [9.17, 15) is 9.59 Å². The molecule has 0 radical (unpaired) electrons. The van der Waals surface area contributed by atoms with Crippen molar-refractivity contribution in [1.29, 1.82) is 0 Å². The van der Waals surface area contributed by atoms with E-state index >= 15 is 0 Å². The summed E-state index contributed by atoms with van der Waals surface area (Å²) in [5, 5.41) is 15.4. The molecule has 1 saturated heterocycles. The first-order valence-corrected chi connectivity index (χ1v) is 7.34. The number of aliphatic carboxylic acids is 1. The van der Waals surface area contributed by atoms with E-state index in [0.717, 1.165) is 5.56 Å². The van der Waals surface area contributed by atoms with Gasteiger partial charge in [0.05, 0.1) is 17.7 Å². The summed E-state index contributed by atoms with van der Waals surface area (Å²) in [5.41, 5.74) is 0.778. The Balaban J connectivity index is 1.60. The monoisotopic (exact) mass is 319 g/mol. The maximum atomic E-state index is 12.2. The van der Waals surface area contributed by atoms with Crippen LogP contribution < -0.4 is 5.32 Å². The van der Waals surface area contributed by atoms with Gasteiger partial charge in [-0.05, 0) is 25.8 Å². The number of carbonyl (C=O) groups excluding carboxylic acids is 1. The van der Waals surface area contributed by atoms with Gasteiger partial charge in [-0.15, -0.1) is 0 Å². The Morgan fingerprint density at radius 2 is 2.13 bits per heavy atom. The Hall–Kier alpha value is -2.77. The lowest BCUT2D eigenvalue weighted by atomic mass is 9.97. The molecule has 23 heavy (non-hydrogen) atoms. The van der Waals surface area contributed by atoms with Gasteiger partial charge in [-0.25, -0.2) is 4.79 Å². The highest BCUT2D eigenvalue weighted by Gasteiger charge is 2.27. The third-order valence-corrected chi connectivity index (χ3v) is 4.00. The highest BCUT2D eigenvalue weighted by Crippen LogP contribution is 2.26. The zero-order valence-corrected chi connectivity index (χ0v) is 12.6. The van der Waals surface area contributed by atoms with E-state index in [2.05, 4.69) is 10.5 Å². The van der Waals surface area contributed by atoms with E-state index in [1.54, 1.807) is 23.3 Å². The van der Waals surface area contributed by atoms with Gasteiger partial charge in [0.2, 0.25) is 0 Å². The van der Waals surface area contributed by atoms with Crippen LogP contribution in [0.1, 0.15) is 18.6 Å². The average Bonchev–Trinajstić information content (AvgIpc) is 3.16. The fourth-order valence-corrected chi connectivity index (χ4v) is 2.62. The molecule has 0 saturated carbocycles. The van der Waals surface area contributed by atoms with Crippen LogP contribution >= 0.6 is 0 Å². The number of rotatable bonds is 3. The summed E-state index contributed by atoms with van der Waals surface area (Å²) in [6.07, 6.45) is 2.47. The topological polar surface area (TPSA) is 109 Å². The summed E-state index contributed by atoms with van der Waals surface area (Å²) < 4.78 is 10.4.